The first-order valence-corrected chi connectivity index (χ1v) is 8.36. The van der Waals surface area contributed by atoms with Gasteiger partial charge in [0.25, 0.3) is 11.8 Å². The van der Waals surface area contributed by atoms with Crippen molar-refractivity contribution in [1.29, 1.82) is 0 Å². The highest BCUT2D eigenvalue weighted by atomic mass is 16.5. The van der Waals surface area contributed by atoms with Crippen molar-refractivity contribution in [1.82, 2.24) is 9.80 Å². The summed E-state index contributed by atoms with van der Waals surface area (Å²) in [5, 5.41) is 0. The fourth-order valence-electron chi connectivity index (χ4n) is 3.37. The lowest BCUT2D eigenvalue weighted by atomic mass is 10.1. The van der Waals surface area contributed by atoms with E-state index in [1.54, 1.807) is 29.2 Å². The number of fused-ring (bicyclic) bond motifs is 1. The third-order valence-corrected chi connectivity index (χ3v) is 4.42. The summed E-state index contributed by atoms with van der Waals surface area (Å²) in [4.78, 5) is 39.9. The fraction of sp³-hybridized carbons (Fsp3) is 0.500. The smallest absolute Gasteiger partial charge is 0.261 e. The standard InChI is InChI=1S/C18H22N2O4/c1-12-10-19(11-13(2)24-12)16(21)8-5-9-20-17(22)14-6-3-4-7-15(14)18(20)23/h3-4,6-7,12-13H,5,8-11H2,1-2H3/t12-,13-/m1/s1. The molecule has 2 heterocycles. The quantitative estimate of drug-likeness (QED) is 0.788. The molecule has 6 heteroatoms. The molecule has 2 atom stereocenters. The number of carbonyl (C=O) groups excluding carboxylic acids is 3. The Labute approximate surface area is 141 Å². The van der Waals surface area contributed by atoms with Gasteiger partial charge in [0.1, 0.15) is 0 Å². The third-order valence-electron chi connectivity index (χ3n) is 4.42. The predicted molar refractivity (Wildman–Crippen MR) is 87.6 cm³/mol. The summed E-state index contributed by atoms with van der Waals surface area (Å²) in [5.41, 5.74) is 0.898. The SMILES string of the molecule is C[C@@H]1CN(C(=O)CCCN2C(=O)c3ccccc3C2=O)C[C@@H](C)O1. The highest BCUT2D eigenvalue weighted by molar-refractivity contribution is 6.21. The predicted octanol–water partition coefficient (Wildman–Crippen LogP) is 1.70. The largest absolute Gasteiger partial charge is 0.372 e. The van der Waals surface area contributed by atoms with Crippen LogP contribution in [0.4, 0.5) is 0 Å². The van der Waals surface area contributed by atoms with Crippen LogP contribution in [-0.4, -0.2) is 59.4 Å². The minimum Gasteiger partial charge on any atom is -0.372 e. The molecule has 2 aliphatic heterocycles. The van der Waals surface area contributed by atoms with Gasteiger partial charge in [0.15, 0.2) is 0 Å². The van der Waals surface area contributed by atoms with Crippen molar-refractivity contribution < 1.29 is 19.1 Å². The molecule has 0 saturated carbocycles. The monoisotopic (exact) mass is 330 g/mol. The van der Waals surface area contributed by atoms with Gasteiger partial charge >= 0.3 is 0 Å². The van der Waals surface area contributed by atoms with E-state index >= 15 is 0 Å². The van der Waals surface area contributed by atoms with Crippen LogP contribution in [0.3, 0.4) is 0 Å². The van der Waals surface area contributed by atoms with Crippen LogP contribution in [-0.2, 0) is 9.53 Å². The summed E-state index contributed by atoms with van der Waals surface area (Å²) in [7, 11) is 0. The van der Waals surface area contributed by atoms with Crippen LogP contribution in [0, 0.1) is 0 Å². The molecule has 0 spiro atoms. The maximum Gasteiger partial charge on any atom is 0.261 e. The molecule has 3 rings (SSSR count). The molecule has 0 radical (unpaired) electrons. The van der Waals surface area contributed by atoms with Crippen LogP contribution < -0.4 is 0 Å². The number of carbonyl (C=O) groups is 3. The number of hydrogen-bond acceptors (Lipinski definition) is 4. The van der Waals surface area contributed by atoms with E-state index in [-0.39, 0.29) is 36.5 Å². The first-order valence-electron chi connectivity index (χ1n) is 8.36. The first-order chi connectivity index (χ1) is 11.5. The highest BCUT2D eigenvalue weighted by Crippen LogP contribution is 2.22. The van der Waals surface area contributed by atoms with E-state index in [0.717, 1.165) is 0 Å². The van der Waals surface area contributed by atoms with Gasteiger partial charge in [-0.15, -0.1) is 0 Å². The molecule has 0 aromatic heterocycles. The molecule has 0 N–H and O–H groups in total. The Morgan fingerprint density at radius 2 is 1.62 bits per heavy atom. The molecule has 3 amide bonds. The van der Waals surface area contributed by atoms with Crippen molar-refractivity contribution in [2.75, 3.05) is 19.6 Å². The Balaban J connectivity index is 1.53. The van der Waals surface area contributed by atoms with Crippen molar-refractivity contribution in [2.45, 2.75) is 38.9 Å². The van der Waals surface area contributed by atoms with Crippen LogP contribution in [0.2, 0.25) is 0 Å². The van der Waals surface area contributed by atoms with Crippen molar-refractivity contribution in [3.05, 3.63) is 35.4 Å². The zero-order valence-electron chi connectivity index (χ0n) is 14.0. The summed E-state index contributed by atoms with van der Waals surface area (Å²) in [6.45, 7) is 5.36. The number of imide groups is 1. The van der Waals surface area contributed by atoms with Gasteiger partial charge in [-0.05, 0) is 32.4 Å². The number of morpholine rings is 1. The number of amides is 3. The molecule has 128 valence electrons. The van der Waals surface area contributed by atoms with E-state index in [9.17, 15) is 14.4 Å². The normalized spacial score (nSPS) is 23.6. The van der Waals surface area contributed by atoms with Crippen LogP contribution >= 0.6 is 0 Å². The Kier molecular flexibility index (Phi) is 4.66. The molecule has 1 fully saturated rings. The van der Waals surface area contributed by atoms with Gasteiger partial charge in [0.2, 0.25) is 5.91 Å². The lowest BCUT2D eigenvalue weighted by Gasteiger charge is -2.35. The van der Waals surface area contributed by atoms with Gasteiger partial charge < -0.3 is 9.64 Å². The second-order valence-corrected chi connectivity index (χ2v) is 6.47. The van der Waals surface area contributed by atoms with Crippen LogP contribution in [0.1, 0.15) is 47.4 Å². The first kappa shape index (κ1) is 16.6. The van der Waals surface area contributed by atoms with Crippen LogP contribution in [0.25, 0.3) is 0 Å². The van der Waals surface area contributed by atoms with Crippen molar-refractivity contribution in [3.63, 3.8) is 0 Å². The molecular formula is C18H22N2O4. The van der Waals surface area contributed by atoms with E-state index in [0.29, 0.717) is 37.1 Å². The lowest BCUT2D eigenvalue weighted by molar-refractivity contribution is -0.143. The Morgan fingerprint density at radius 1 is 1.08 bits per heavy atom. The zero-order chi connectivity index (χ0) is 17.3. The number of nitrogens with zero attached hydrogens (tertiary/aromatic N) is 2. The maximum absolute atomic E-state index is 12.3. The van der Waals surface area contributed by atoms with Gasteiger partial charge in [-0.2, -0.15) is 0 Å². The molecule has 0 bridgehead atoms. The zero-order valence-corrected chi connectivity index (χ0v) is 14.0. The van der Waals surface area contributed by atoms with E-state index in [1.807, 2.05) is 13.8 Å². The summed E-state index contributed by atoms with van der Waals surface area (Å²) in [6.07, 6.45) is 0.875. The fourth-order valence-corrected chi connectivity index (χ4v) is 3.37. The molecule has 1 saturated heterocycles. The average molecular weight is 330 g/mol. The molecular weight excluding hydrogens is 308 g/mol. The second kappa shape index (κ2) is 6.73. The summed E-state index contributed by atoms with van der Waals surface area (Å²) < 4.78 is 5.62. The van der Waals surface area contributed by atoms with Crippen molar-refractivity contribution in [3.8, 4) is 0 Å². The van der Waals surface area contributed by atoms with E-state index < -0.39 is 0 Å². The topological polar surface area (TPSA) is 66.9 Å². The summed E-state index contributed by atoms with van der Waals surface area (Å²) in [5.74, 6) is -0.484. The number of hydrogen-bond donors (Lipinski definition) is 0. The van der Waals surface area contributed by atoms with E-state index in [4.69, 9.17) is 4.74 Å². The summed E-state index contributed by atoms with van der Waals surface area (Å²) >= 11 is 0. The molecule has 0 aliphatic carbocycles. The van der Waals surface area contributed by atoms with E-state index in [1.165, 1.54) is 4.90 Å². The highest BCUT2D eigenvalue weighted by Gasteiger charge is 2.34. The molecule has 0 unspecified atom stereocenters. The van der Waals surface area contributed by atoms with Gasteiger partial charge in [-0.1, -0.05) is 12.1 Å². The van der Waals surface area contributed by atoms with Gasteiger partial charge in [-0.3, -0.25) is 19.3 Å². The third kappa shape index (κ3) is 3.19. The number of rotatable bonds is 4. The van der Waals surface area contributed by atoms with Crippen LogP contribution in [0.15, 0.2) is 24.3 Å². The van der Waals surface area contributed by atoms with Crippen LogP contribution in [0.5, 0.6) is 0 Å². The maximum atomic E-state index is 12.3. The molecule has 24 heavy (non-hydrogen) atoms. The number of ether oxygens (including phenoxy) is 1. The minimum absolute atomic E-state index is 0.0361. The number of benzene rings is 1. The molecule has 2 aliphatic rings. The van der Waals surface area contributed by atoms with Gasteiger partial charge in [-0.25, -0.2) is 0 Å². The molecule has 1 aromatic rings. The van der Waals surface area contributed by atoms with Crippen molar-refractivity contribution >= 4 is 17.7 Å². The minimum atomic E-state index is -0.267. The Bertz CT molecular complexity index is 628. The van der Waals surface area contributed by atoms with Gasteiger partial charge in [0.05, 0.1) is 23.3 Å². The average Bonchev–Trinajstić information content (AvgIpc) is 2.79. The summed E-state index contributed by atoms with van der Waals surface area (Å²) in [6, 6.07) is 6.82. The Hall–Kier alpha value is -2.21. The lowest BCUT2D eigenvalue weighted by Crippen LogP contribution is -2.48. The molecule has 6 nitrogen and oxygen atoms in total. The second-order valence-electron chi connectivity index (χ2n) is 6.47. The van der Waals surface area contributed by atoms with E-state index in [2.05, 4.69) is 0 Å². The van der Waals surface area contributed by atoms with Crippen molar-refractivity contribution in [2.24, 2.45) is 0 Å². The molecule has 1 aromatic carbocycles. The Morgan fingerprint density at radius 3 is 2.17 bits per heavy atom. The van der Waals surface area contributed by atoms with Gasteiger partial charge in [0, 0.05) is 26.1 Å².